The van der Waals surface area contributed by atoms with Crippen LogP contribution in [-0.2, 0) is 25.6 Å². The zero-order valence-corrected chi connectivity index (χ0v) is 13.2. The number of ether oxygens (including phenoxy) is 2. The quantitative estimate of drug-likeness (QED) is 0.756. The van der Waals surface area contributed by atoms with Gasteiger partial charge in [-0.2, -0.15) is 0 Å². The van der Waals surface area contributed by atoms with Gasteiger partial charge in [-0.05, 0) is 32.3 Å². The number of hydrogen-bond acceptors (Lipinski definition) is 4. The van der Waals surface area contributed by atoms with Gasteiger partial charge in [0, 0.05) is 13.2 Å². The first-order valence-corrected chi connectivity index (χ1v) is 7.76. The van der Waals surface area contributed by atoms with Gasteiger partial charge in [-0.3, -0.25) is 4.79 Å². The third kappa shape index (κ3) is 4.07. The predicted octanol–water partition coefficient (Wildman–Crippen LogP) is 2.15. The Bertz CT molecular complexity index is 497. The maximum absolute atomic E-state index is 12.7. The molecule has 0 saturated carbocycles. The molecule has 5 heteroatoms. The fourth-order valence-corrected chi connectivity index (χ4v) is 2.53. The molecule has 1 aromatic carbocycles. The van der Waals surface area contributed by atoms with Gasteiger partial charge in [0.05, 0.1) is 6.61 Å². The highest BCUT2D eigenvalue weighted by Gasteiger charge is 2.34. The van der Waals surface area contributed by atoms with Crippen molar-refractivity contribution < 1.29 is 19.1 Å². The zero-order chi connectivity index (χ0) is 15.9. The first-order valence-electron chi connectivity index (χ1n) is 7.76. The summed E-state index contributed by atoms with van der Waals surface area (Å²) in [7, 11) is 0. The van der Waals surface area contributed by atoms with Crippen LogP contribution >= 0.6 is 0 Å². The molecule has 0 aromatic heterocycles. The summed E-state index contributed by atoms with van der Waals surface area (Å²) in [6.45, 7) is 4.74. The maximum Gasteiger partial charge on any atom is 0.328 e. The molecule has 5 nitrogen and oxygen atoms in total. The third-order valence-electron chi connectivity index (χ3n) is 3.78. The second-order valence-electron chi connectivity index (χ2n) is 5.38. The van der Waals surface area contributed by atoms with Gasteiger partial charge in [-0.25, -0.2) is 4.79 Å². The number of carbonyl (C=O) groups is 2. The van der Waals surface area contributed by atoms with E-state index in [1.807, 2.05) is 30.3 Å². The van der Waals surface area contributed by atoms with E-state index in [1.165, 1.54) is 0 Å². The summed E-state index contributed by atoms with van der Waals surface area (Å²) in [5.41, 5.74) is 0.977. The molecule has 0 bridgehead atoms. The Hall–Kier alpha value is -1.88. The number of nitrogens with zero attached hydrogens (tertiary/aromatic N) is 1. The lowest BCUT2D eigenvalue weighted by atomic mass is 10.1. The molecule has 2 atom stereocenters. The number of amides is 1. The van der Waals surface area contributed by atoms with E-state index in [1.54, 1.807) is 18.7 Å². The van der Waals surface area contributed by atoms with E-state index in [-0.39, 0.29) is 11.9 Å². The van der Waals surface area contributed by atoms with Crippen molar-refractivity contribution in [3.8, 4) is 0 Å². The molecule has 1 aliphatic heterocycles. The van der Waals surface area contributed by atoms with Crippen LogP contribution in [0.2, 0.25) is 0 Å². The topological polar surface area (TPSA) is 55.8 Å². The first kappa shape index (κ1) is 16.5. The Balaban J connectivity index is 2.15. The van der Waals surface area contributed by atoms with Gasteiger partial charge < -0.3 is 14.4 Å². The molecule has 1 aromatic rings. The van der Waals surface area contributed by atoms with E-state index in [9.17, 15) is 9.59 Å². The van der Waals surface area contributed by atoms with E-state index in [0.717, 1.165) is 12.0 Å². The number of esters is 1. The van der Waals surface area contributed by atoms with Crippen molar-refractivity contribution >= 4 is 11.9 Å². The van der Waals surface area contributed by atoms with Crippen LogP contribution in [0.1, 0.15) is 32.3 Å². The largest absolute Gasteiger partial charge is 0.464 e. The highest BCUT2D eigenvalue weighted by atomic mass is 16.5. The highest BCUT2D eigenvalue weighted by Crippen LogP contribution is 2.19. The molecule has 0 aliphatic carbocycles. The number of hydrogen-bond donors (Lipinski definition) is 0. The minimum atomic E-state index is -0.628. The fourth-order valence-electron chi connectivity index (χ4n) is 2.53. The average molecular weight is 305 g/mol. The van der Waals surface area contributed by atoms with Gasteiger partial charge in [-0.1, -0.05) is 30.3 Å². The van der Waals surface area contributed by atoms with Gasteiger partial charge in [0.15, 0.2) is 0 Å². The van der Waals surface area contributed by atoms with Crippen LogP contribution < -0.4 is 0 Å². The molecule has 0 radical (unpaired) electrons. The molecule has 22 heavy (non-hydrogen) atoms. The van der Waals surface area contributed by atoms with Crippen LogP contribution in [0.3, 0.4) is 0 Å². The van der Waals surface area contributed by atoms with Gasteiger partial charge in [0.25, 0.3) is 5.91 Å². The predicted molar refractivity (Wildman–Crippen MR) is 82.1 cm³/mol. The Morgan fingerprint density at radius 2 is 2.09 bits per heavy atom. The van der Waals surface area contributed by atoms with E-state index in [0.29, 0.717) is 26.2 Å². The van der Waals surface area contributed by atoms with Gasteiger partial charge in [0.2, 0.25) is 0 Å². The van der Waals surface area contributed by atoms with Crippen LogP contribution in [0.15, 0.2) is 30.3 Å². The van der Waals surface area contributed by atoms with Crippen molar-refractivity contribution in [1.82, 2.24) is 4.90 Å². The minimum Gasteiger partial charge on any atom is -0.464 e. The van der Waals surface area contributed by atoms with E-state index in [4.69, 9.17) is 9.47 Å². The van der Waals surface area contributed by atoms with Crippen molar-refractivity contribution in [3.63, 3.8) is 0 Å². The van der Waals surface area contributed by atoms with Crippen LogP contribution in [0.5, 0.6) is 0 Å². The lowest BCUT2D eigenvalue weighted by Gasteiger charge is -2.29. The summed E-state index contributed by atoms with van der Waals surface area (Å²) in [6, 6.07) is 9.00. The van der Waals surface area contributed by atoms with Gasteiger partial charge in [0.1, 0.15) is 12.1 Å². The van der Waals surface area contributed by atoms with Crippen molar-refractivity contribution in [2.45, 2.75) is 45.4 Å². The summed E-state index contributed by atoms with van der Waals surface area (Å²) in [4.78, 5) is 26.3. The van der Waals surface area contributed by atoms with Crippen LogP contribution in [0.25, 0.3) is 0 Å². The monoisotopic (exact) mass is 305 g/mol. The molecule has 1 aliphatic rings. The van der Waals surface area contributed by atoms with Gasteiger partial charge in [-0.15, -0.1) is 0 Å². The molecular formula is C17H23NO4. The lowest BCUT2D eigenvalue weighted by Crippen LogP contribution is -2.47. The van der Waals surface area contributed by atoms with Crippen LogP contribution in [0.4, 0.5) is 0 Å². The number of benzene rings is 1. The van der Waals surface area contributed by atoms with E-state index in [2.05, 4.69) is 0 Å². The summed E-state index contributed by atoms with van der Waals surface area (Å²) in [5.74, 6) is -0.522. The van der Waals surface area contributed by atoms with Crippen molar-refractivity contribution in [3.05, 3.63) is 35.9 Å². The molecule has 1 fully saturated rings. The fraction of sp³-hybridized carbons (Fsp3) is 0.529. The van der Waals surface area contributed by atoms with Crippen molar-refractivity contribution in [2.24, 2.45) is 0 Å². The number of rotatable bonds is 6. The van der Waals surface area contributed by atoms with E-state index >= 15 is 0 Å². The summed E-state index contributed by atoms with van der Waals surface area (Å²) in [5, 5.41) is 0. The molecular weight excluding hydrogens is 282 g/mol. The average Bonchev–Trinajstić information content (AvgIpc) is 3.07. The lowest BCUT2D eigenvalue weighted by molar-refractivity contribution is -0.158. The molecule has 1 amide bonds. The molecule has 0 spiro atoms. The Morgan fingerprint density at radius 3 is 2.68 bits per heavy atom. The zero-order valence-electron chi connectivity index (χ0n) is 13.2. The normalized spacial score (nSPS) is 18.7. The summed E-state index contributed by atoms with van der Waals surface area (Å²) < 4.78 is 10.5. The molecule has 2 unspecified atom stereocenters. The molecule has 1 heterocycles. The Morgan fingerprint density at radius 1 is 1.36 bits per heavy atom. The second kappa shape index (κ2) is 7.94. The van der Waals surface area contributed by atoms with Crippen LogP contribution in [-0.4, -0.2) is 42.1 Å². The van der Waals surface area contributed by atoms with E-state index < -0.39 is 12.1 Å². The van der Waals surface area contributed by atoms with Crippen LogP contribution in [0, 0.1) is 0 Å². The SMILES string of the molecule is CCOC(=O)C(C)N(Cc1ccccc1)C(=O)C1CCCO1. The summed E-state index contributed by atoms with van der Waals surface area (Å²) in [6.07, 6.45) is 1.14. The van der Waals surface area contributed by atoms with Crippen molar-refractivity contribution in [2.75, 3.05) is 13.2 Å². The van der Waals surface area contributed by atoms with Gasteiger partial charge >= 0.3 is 5.97 Å². The molecule has 0 N–H and O–H groups in total. The summed E-state index contributed by atoms with van der Waals surface area (Å²) >= 11 is 0. The maximum atomic E-state index is 12.7. The smallest absolute Gasteiger partial charge is 0.328 e. The third-order valence-corrected chi connectivity index (χ3v) is 3.78. The Labute approximate surface area is 131 Å². The highest BCUT2D eigenvalue weighted by molar-refractivity contribution is 5.87. The number of carbonyl (C=O) groups excluding carboxylic acids is 2. The molecule has 2 rings (SSSR count). The first-order chi connectivity index (χ1) is 10.6. The minimum absolute atomic E-state index is 0.137. The Kier molecular flexibility index (Phi) is 5.95. The second-order valence-corrected chi connectivity index (χ2v) is 5.38. The molecule has 1 saturated heterocycles. The standard InChI is InChI=1S/C17H23NO4/c1-3-21-17(20)13(2)18(12-14-8-5-4-6-9-14)16(19)15-10-7-11-22-15/h4-6,8-9,13,15H,3,7,10-12H2,1-2H3. The molecule has 120 valence electrons. The van der Waals surface area contributed by atoms with Crippen molar-refractivity contribution in [1.29, 1.82) is 0 Å².